The van der Waals surface area contributed by atoms with Gasteiger partial charge in [-0.1, -0.05) is 11.6 Å². The molecule has 8 heteroatoms. The molecule has 2 rings (SSSR count). The second-order valence-corrected chi connectivity index (χ2v) is 5.09. The quantitative estimate of drug-likeness (QED) is 0.594. The van der Waals surface area contributed by atoms with Gasteiger partial charge >= 0.3 is 0 Å². The number of nitrogens with two attached hydrogens (primary N) is 1. The Morgan fingerprint density at radius 2 is 2.20 bits per heavy atom. The highest BCUT2D eigenvalue weighted by Crippen LogP contribution is 2.27. The molecular weight excluding hydrogens is 278 g/mol. The second kappa shape index (κ2) is 6.76. The van der Waals surface area contributed by atoms with Gasteiger partial charge in [-0.15, -0.1) is 0 Å². The summed E-state index contributed by atoms with van der Waals surface area (Å²) in [6.07, 6.45) is 4.91. The second-order valence-electron chi connectivity index (χ2n) is 4.68. The van der Waals surface area contributed by atoms with Crippen molar-refractivity contribution >= 4 is 11.6 Å². The Bertz CT molecular complexity index is 540. The third kappa shape index (κ3) is 3.31. The van der Waals surface area contributed by atoms with Gasteiger partial charge in [0.1, 0.15) is 0 Å². The molecule has 2 aromatic rings. The lowest BCUT2D eigenvalue weighted by atomic mass is 10.1. The van der Waals surface area contributed by atoms with Crippen molar-refractivity contribution in [3.8, 4) is 0 Å². The number of likely N-dealkylation sites (N-methyl/N-ethyl adjacent to an activating group) is 1. The van der Waals surface area contributed by atoms with E-state index in [1.807, 2.05) is 24.8 Å². The van der Waals surface area contributed by atoms with Crippen LogP contribution in [0.15, 0.2) is 24.7 Å². The predicted molar refractivity (Wildman–Crippen MR) is 77.0 cm³/mol. The van der Waals surface area contributed by atoms with Crippen LogP contribution < -0.4 is 11.3 Å². The minimum absolute atomic E-state index is 0.275. The first-order chi connectivity index (χ1) is 9.63. The summed E-state index contributed by atoms with van der Waals surface area (Å²) >= 11 is 6.26. The summed E-state index contributed by atoms with van der Waals surface area (Å²) in [5.41, 5.74) is 4.47. The Morgan fingerprint density at radius 1 is 1.40 bits per heavy atom. The van der Waals surface area contributed by atoms with Crippen LogP contribution in [0.5, 0.6) is 0 Å². The molecule has 0 bridgehead atoms. The van der Waals surface area contributed by atoms with Gasteiger partial charge in [0.2, 0.25) is 0 Å². The fourth-order valence-electron chi connectivity index (χ4n) is 1.94. The monoisotopic (exact) mass is 295 g/mol. The van der Waals surface area contributed by atoms with E-state index >= 15 is 0 Å². The molecule has 1 atom stereocenters. The molecule has 2 aromatic heterocycles. The molecule has 1 unspecified atom stereocenters. The molecule has 0 spiro atoms. The molecular formula is C12H18ClN7. The number of hydrazine groups is 1. The summed E-state index contributed by atoms with van der Waals surface area (Å²) in [5.74, 6) is 5.68. The van der Waals surface area contributed by atoms with E-state index in [1.165, 1.54) is 0 Å². The zero-order chi connectivity index (χ0) is 14.5. The van der Waals surface area contributed by atoms with Crippen LogP contribution in [-0.2, 0) is 6.54 Å². The van der Waals surface area contributed by atoms with Crippen LogP contribution in [0.1, 0.15) is 17.3 Å². The van der Waals surface area contributed by atoms with E-state index in [0.29, 0.717) is 5.02 Å². The number of aromatic nitrogens is 4. The maximum atomic E-state index is 6.26. The molecule has 2 heterocycles. The molecule has 0 fully saturated rings. The van der Waals surface area contributed by atoms with E-state index in [4.69, 9.17) is 17.4 Å². The largest absolute Gasteiger partial charge is 0.308 e. The van der Waals surface area contributed by atoms with Crippen LogP contribution in [0, 0.1) is 0 Å². The van der Waals surface area contributed by atoms with Gasteiger partial charge in [-0.05, 0) is 25.7 Å². The molecule has 0 saturated carbocycles. The Kier molecular flexibility index (Phi) is 5.02. The van der Waals surface area contributed by atoms with Crippen molar-refractivity contribution in [1.29, 1.82) is 0 Å². The fraction of sp³-hybridized carbons (Fsp3) is 0.417. The van der Waals surface area contributed by atoms with Crippen molar-refractivity contribution in [1.82, 2.24) is 30.3 Å². The van der Waals surface area contributed by atoms with E-state index in [9.17, 15) is 0 Å². The van der Waals surface area contributed by atoms with Gasteiger partial charge in [0.05, 0.1) is 35.7 Å². The molecule has 0 amide bonds. The van der Waals surface area contributed by atoms with Crippen molar-refractivity contribution in [2.24, 2.45) is 5.84 Å². The average molecular weight is 296 g/mol. The zero-order valence-electron chi connectivity index (χ0n) is 11.5. The molecule has 0 radical (unpaired) electrons. The third-order valence-electron chi connectivity index (χ3n) is 2.97. The van der Waals surface area contributed by atoms with Gasteiger partial charge < -0.3 is 4.90 Å². The van der Waals surface area contributed by atoms with E-state index < -0.39 is 0 Å². The summed E-state index contributed by atoms with van der Waals surface area (Å²) in [5, 5.41) is 12.5. The number of nitrogens with zero attached hydrogens (tertiary/aromatic N) is 5. The predicted octanol–water partition coefficient (Wildman–Crippen LogP) is 0.441. The van der Waals surface area contributed by atoms with Gasteiger partial charge in [0, 0.05) is 12.7 Å². The fourth-order valence-corrected chi connectivity index (χ4v) is 2.19. The van der Waals surface area contributed by atoms with E-state index in [-0.39, 0.29) is 6.04 Å². The first kappa shape index (κ1) is 14.9. The molecule has 0 aliphatic heterocycles. The summed E-state index contributed by atoms with van der Waals surface area (Å²) < 4.78 is 1.85. The molecule has 20 heavy (non-hydrogen) atoms. The van der Waals surface area contributed by atoms with Crippen molar-refractivity contribution in [2.45, 2.75) is 12.6 Å². The van der Waals surface area contributed by atoms with Gasteiger partial charge in [-0.3, -0.25) is 10.5 Å². The van der Waals surface area contributed by atoms with Crippen molar-refractivity contribution in [3.05, 3.63) is 40.9 Å². The van der Waals surface area contributed by atoms with Crippen LogP contribution in [0.4, 0.5) is 0 Å². The van der Waals surface area contributed by atoms with Crippen LogP contribution in [0.25, 0.3) is 0 Å². The molecule has 0 saturated heterocycles. The zero-order valence-corrected chi connectivity index (χ0v) is 12.2. The highest BCUT2D eigenvalue weighted by atomic mass is 35.5. The van der Waals surface area contributed by atoms with Gasteiger partial charge in [-0.25, -0.2) is 5.43 Å². The van der Waals surface area contributed by atoms with E-state index in [2.05, 4.69) is 25.6 Å². The first-order valence-electron chi connectivity index (χ1n) is 6.22. The Hall–Kier alpha value is -1.54. The summed E-state index contributed by atoms with van der Waals surface area (Å²) in [6.45, 7) is 1.59. The Balaban J connectivity index is 2.32. The molecule has 108 valence electrons. The lowest BCUT2D eigenvalue weighted by molar-refractivity contribution is 0.365. The van der Waals surface area contributed by atoms with Gasteiger partial charge in [0.15, 0.2) is 0 Å². The molecule has 0 aromatic carbocycles. The first-order valence-corrected chi connectivity index (χ1v) is 6.60. The minimum atomic E-state index is -0.275. The SMILES string of the molecule is CN(C)CCn1ncc(Cl)c1C(NN)c1ccnnc1. The highest BCUT2D eigenvalue weighted by molar-refractivity contribution is 6.31. The van der Waals surface area contributed by atoms with E-state index in [1.54, 1.807) is 18.6 Å². The van der Waals surface area contributed by atoms with Crippen LogP contribution >= 0.6 is 11.6 Å². The number of nitrogens with one attached hydrogen (secondary N) is 1. The minimum Gasteiger partial charge on any atom is -0.308 e. The lowest BCUT2D eigenvalue weighted by Crippen LogP contribution is -2.32. The third-order valence-corrected chi connectivity index (χ3v) is 3.26. The standard InChI is InChI=1S/C12H18ClN7/c1-19(2)5-6-20-12(10(13)8-17-20)11(18-14)9-3-4-15-16-7-9/h3-4,7-8,11,18H,5-6,14H2,1-2H3. The average Bonchev–Trinajstić information content (AvgIpc) is 2.80. The molecule has 0 aliphatic rings. The van der Waals surface area contributed by atoms with Crippen molar-refractivity contribution in [2.75, 3.05) is 20.6 Å². The molecule has 7 nitrogen and oxygen atoms in total. The number of halogens is 1. The van der Waals surface area contributed by atoms with Crippen molar-refractivity contribution < 1.29 is 0 Å². The maximum Gasteiger partial charge on any atom is 0.0909 e. The lowest BCUT2D eigenvalue weighted by Gasteiger charge is -2.19. The van der Waals surface area contributed by atoms with Gasteiger partial charge in [0.25, 0.3) is 0 Å². The number of rotatable bonds is 6. The maximum absolute atomic E-state index is 6.26. The van der Waals surface area contributed by atoms with Crippen molar-refractivity contribution in [3.63, 3.8) is 0 Å². The molecule has 3 N–H and O–H groups in total. The molecule has 0 aliphatic carbocycles. The number of hydrogen-bond acceptors (Lipinski definition) is 6. The Morgan fingerprint density at radius 3 is 2.80 bits per heavy atom. The topological polar surface area (TPSA) is 84.9 Å². The summed E-state index contributed by atoms with van der Waals surface area (Å²) in [7, 11) is 4.02. The van der Waals surface area contributed by atoms with Crippen LogP contribution in [0.3, 0.4) is 0 Å². The van der Waals surface area contributed by atoms with Crippen LogP contribution in [0.2, 0.25) is 5.02 Å². The normalized spacial score (nSPS) is 12.8. The smallest absolute Gasteiger partial charge is 0.0909 e. The Labute approximate surface area is 122 Å². The van der Waals surface area contributed by atoms with E-state index in [0.717, 1.165) is 24.3 Å². The highest BCUT2D eigenvalue weighted by Gasteiger charge is 2.21. The summed E-state index contributed by atoms with van der Waals surface area (Å²) in [6, 6.07) is 1.57. The summed E-state index contributed by atoms with van der Waals surface area (Å²) in [4.78, 5) is 2.08. The van der Waals surface area contributed by atoms with Gasteiger partial charge in [-0.2, -0.15) is 15.3 Å². The number of hydrogen-bond donors (Lipinski definition) is 2. The van der Waals surface area contributed by atoms with Crippen LogP contribution in [-0.4, -0.2) is 45.5 Å².